The van der Waals surface area contributed by atoms with Gasteiger partial charge < -0.3 is 10.1 Å². The van der Waals surface area contributed by atoms with Crippen LogP contribution in [0.5, 0.6) is 5.75 Å². The molecule has 0 spiro atoms. The van der Waals surface area contributed by atoms with E-state index >= 15 is 0 Å². The Hall–Kier alpha value is -2.45. The molecule has 0 unspecified atom stereocenters. The third kappa shape index (κ3) is 7.14. The number of allylic oxidation sites excluding steroid dienone is 1. The van der Waals surface area contributed by atoms with E-state index in [0.29, 0.717) is 16.6 Å². The van der Waals surface area contributed by atoms with E-state index in [1.54, 1.807) is 20.1 Å². The van der Waals surface area contributed by atoms with Gasteiger partial charge in [-0.25, -0.2) is 18.4 Å². The highest BCUT2D eigenvalue weighted by Gasteiger charge is 2.14. The third-order valence-corrected chi connectivity index (χ3v) is 5.12. The number of rotatable bonds is 9. The lowest BCUT2D eigenvalue weighted by atomic mass is 10.0. The van der Waals surface area contributed by atoms with Crippen molar-refractivity contribution in [3.8, 4) is 5.75 Å². The van der Waals surface area contributed by atoms with E-state index < -0.39 is 9.84 Å². The molecule has 7 nitrogen and oxygen atoms in total. The Kier molecular flexibility index (Phi) is 7.75. The molecule has 0 fully saturated rings. The van der Waals surface area contributed by atoms with Gasteiger partial charge in [0.15, 0.2) is 15.6 Å². The van der Waals surface area contributed by atoms with Crippen LogP contribution in [0.2, 0.25) is 5.02 Å². The largest absolute Gasteiger partial charge is 0.497 e. The summed E-state index contributed by atoms with van der Waals surface area (Å²) in [5, 5.41) is 4.87. The van der Waals surface area contributed by atoms with Crippen molar-refractivity contribution in [2.75, 3.05) is 18.7 Å². The van der Waals surface area contributed by atoms with Crippen LogP contribution in [-0.2, 0) is 9.84 Å². The van der Waals surface area contributed by atoms with Crippen molar-refractivity contribution in [1.29, 1.82) is 0 Å². The van der Waals surface area contributed by atoms with Crippen molar-refractivity contribution < 1.29 is 17.9 Å². The summed E-state index contributed by atoms with van der Waals surface area (Å²) in [6, 6.07) is 5.30. The Bertz CT molecular complexity index is 991. The maximum Gasteiger partial charge on any atom is 0.183 e. The van der Waals surface area contributed by atoms with Gasteiger partial charge in [0.05, 0.1) is 25.5 Å². The summed E-state index contributed by atoms with van der Waals surface area (Å²) in [6.45, 7) is 3.70. The monoisotopic (exact) mass is 437 g/mol. The summed E-state index contributed by atoms with van der Waals surface area (Å²) in [4.78, 5) is 20.7. The zero-order chi connectivity index (χ0) is 21.6. The van der Waals surface area contributed by atoms with E-state index in [1.165, 1.54) is 18.5 Å². The minimum absolute atomic E-state index is 0.134. The van der Waals surface area contributed by atoms with E-state index in [2.05, 4.69) is 15.3 Å². The second-order valence-electron chi connectivity index (χ2n) is 6.80. The molecule has 0 aliphatic carbocycles. The topological polar surface area (TPSA) is 98.2 Å². The first-order valence-electron chi connectivity index (χ1n) is 8.92. The zero-order valence-corrected chi connectivity index (χ0v) is 18.3. The molecule has 1 aromatic carbocycles. The van der Waals surface area contributed by atoms with Gasteiger partial charge in [0.2, 0.25) is 0 Å². The molecule has 0 aliphatic heterocycles. The highest BCUT2D eigenvalue weighted by Crippen LogP contribution is 2.28. The Labute approximate surface area is 176 Å². The minimum atomic E-state index is -3.21. The predicted molar refractivity (Wildman–Crippen MR) is 114 cm³/mol. The van der Waals surface area contributed by atoms with E-state index in [1.807, 2.05) is 19.1 Å². The summed E-state index contributed by atoms with van der Waals surface area (Å²) in [5.74, 6) is 0.746. The van der Waals surface area contributed by atoms with Crippen LogP contribution in [0.25, 0.3) is 0 Å². The van der Waals surface area contributed by atoms with Crippen LogP contribution < -0.4 is 10.1 Å². The molecule has 0 radical (unpaired) electrons. The number of benzene rings is 1. The molecule has 156 valence electrons. The molecular weight excluding hydrogens is 414 g/mol. The van der Waals surface area contributed by atoms with Crippen molar-refractivity contribution in [1.82, 2.24) is 9.97 Å². The number of halogens is 1. The number of aromatic nitrogens is 2. The van der Waals surface area contributed by atoms with Gasteiger partial charge in [-0.05, 0) is 30.5 Å². The standard InChI is InChI=1S/C20H24ClN3O4S/c1-13(7-8-29(4,26)27)9-19(25)18-11-23-20(12-22-18)24-14(2)16-6-5-15(28-3)10-17(16)21/h5-8,10-14H,9H2,1-4H3,(H,23,24)/b8-7+/t13-,14+/m1/s1. The first-order valence-corrected chi connectivity index (χ1v) is 11.3. The molecule has 1 heterocycles. The summed E-state index contributed by atoms with van der Waals surface area (Å²) in [7, 11) is -1.63. The van der Waals surface area contributed by atoms with Crippen LogP contribution in [0.3, 0.4) is 0 Å². The smallest absolute Gasteiger partial charge is 0.183 e. The molecule has 1 N–H and O–H groups in total. The Morgan fingerprint density at radius 1 is 1.28 bits per heavy atom. The van der Waals surface area contributed by atoms with Gasteiger partial charge in [-0.3, -0.25) is 4.79 Å². The first-order chi connectivity index (χ1) is 13.6. The average Bonchev–Trinajstić information content (AvgIpc) is 2.66. The van der Waals surface area contributed by atoms with Gasteiger partial charge in [-0.1, -0.05) is 30.7 Å². The van der Waals surface area contributed by atoms with Gasteiger partial charge in [-0.15, -0.1) is 0 Å². The van der Waals surface area contributed by atoms with E-state index in [0.717, 1.165) is 17.2 Å². The molecule has 2 aromatic rings. The van der Waals surface area contributed by atoms with Crippen molar-refractivity contribution >= 4 is 33.0 Å². The fourth-order valence-electron chi connectivity index (χ4n) is 2.57. The molecule has 0 amide bonds. The second-order valence-corrected chi connectivity index (χ2v) is 9.14. The highest BCUT2D eigenvalue weighted by atomic mass is 35.5. The summed E-state index contributed by atoms with van der Waals surface area (Å²) >= 11 is 6.29. The molecule has 9 heteroatoms. The molecule has 0 aliphatic rings. The number of carbonyl (C=O) groups excluding carboxylic acids is 1. The minimum Gasteiger partial charge on any atom is -0.497 e. The summed E-state index contributed by atoms with van der Waals surface area (Å²) in [6.07, 6.45) is 5.63. The fraction of sp³-hybridized carbons (Fsp3) is 0.350. The molecule has 0 saturated heterocycles. The summed E-state index contributed by atoms with van der Waals surface area (Å²) in [5.41, 5.74) is 1.10. The molecule has 29 heavy (non-hydrogen) atoms. The van der Waals surface area contributed by atoms with Crippen LogP contribution in [0.15, 0.2) is 42.1 Å². The van der Waals surface area contributed by atoms with E-state index in [-0.39, 0.29) is 29.9 Å². The number of Topliss-reactive ketones (excluding diaryl/α,β-unsaturated/α-hetero) is 1. The number of hydrogen-bond donors (Lipinski definition) is 1. The first kappa shape index (κ1) is 22.8. The highest BCUT2D eigenvalue weighted by molar-refractivity contribution is 7.93. The number of ketones is 1. The van der Waals surface area contributed by atoms with Crippen LogP contribution >= 0.6 is 11.6 Å². The maximum atomic E-state index is 12.3. The Morgan fingerprint density at radius 2 is 2.00 bits per heavy atom. The van der Waals surface area contributed by atoms with Crippen molar-refractivity contribution in [3.63, 3.8) is 0 Å². The SMILES string of the molecule is COc1ccc([C@H](C)Nc2cnc(C(=O)C[C@H](C)/C=C/S(C)(=O)=O)cn2)c(Cl)c1. The quantitative estimate of drug-likeness (QED) is 0.590. The normalized spacial score (nSPS) is 13.8. The molecule has 2 atom stereocenters. The zero-order valence-electron chi connectivity index (χ0n) is 16.7. The molecule has 2 rings (SSSR count). The lowest BCUT2D eigenvalue weighted by Crippen LogP contribution is -2.11. The second kappa shape index (κ2) is 9.84. The number of sulfone groups is 1. The molecule has 0 saturated carbocycles. The predicted octanol–water partition coefficient (Wildman–Crippen LogP) is 4.08. The number of carbonyl (C=O) groups is 1. The average molecular weight is 438 g/mol. The van der Waals surface area contributed by atoms with Gasteiger partial charge in [-0.2, -0.15) is 0 Å². The maximum absolute atomic E-state index is 12.3. The summed E-state index contributed by atoms with van der Waals surface area (Å²) < 4.78 is 27.5. The fourth-order valence-corrected chi connectivity index (χ4v) is 3.46. The number of methoxy groups -OCH3 is 1. The molecule has 0 bridgehead atoms. The van der Waals surface area contributed by atoms with Crippen LogP contribution in [-0.4, -0.2) is 37.5 Å². The van der Waals surface area contributed by atoms with Gasteiger partial charge in [0.1, 0.15) is 17.3 Å². The lowest BCUT2D eigenvalue weighted by molar-refractivity contribution is 0.0966. The number of anilines is 1. The lowest BCUT2D eigenvalue weighted by Gasteiger charge is -2.17. The van der Waals surface area contributed by atoms with Crippen LogP contribution in [0.4, 0.5) is 5.82 Å². The molecule has 1 aromatic heterocycles. The van der Waals surface area contributed by atoms with Crippen molar-refractivity contribution in [2.24, 2.45) is 5.92 Å². The van der Waals surface area contributed by atoms with Crippen molar-refractivity contribution in [3.05, 3.63) is 58.4 Å². The number of nitrogens with one attached hydrogen (secondary N) is 1. The van der Waals surface area contributed by atoms with Crippen molar-refractivity contribution in [2.45, 2.75) is 26.3 Å². The van der Waals surface area contributed by atoms with Gasteiger partial charge in [0.25, 0.3) is 0 Å². The van der Waals surface area contributed by atoms with E-state index in [9.17, 15) is 13.2 Å². The third-order valence-electron chi connectivity index (χ3n) is 4.14. The number of ether oxygens (including phenoxy) is 1. The molecular formula is C20H24ClN3O4S. The Balaban J connectivity index is 2.01. The van der Waals surface area contributed by atoms with Gasteiger partial charge >= 0.3 is 0 Å². The van der Waals surface area contributed by atoms with Gasteiger partial charge in [0, 0.05) is 23.1 Å². The Morgan fingerprint density at radius 3 is 2.55 bits per heavy atom. The van der Waals surface area contributed by atoms with Crippen LogP contribution in [0.1, 0.15) is 42.4 Å². The number of hydrogen-bond acceptors (Lipinski definition) is 7. The van der Waals surface area contributed by atoms with E-state index in [4.69, 9.17) is 16.3 Å². The van der Waals surface area contributed by atoms with Crippen LogP contribution in [0, 0.1) is 5.92 Å². The number of nitrogens with zero attached hydrogens (tertiary/aromatic N) is 2.